The third-order valence-corrected chi connectivity index (χ3v) is 1.54. The minimum atomic E-state index is -1.87. The SMILES string of the molecule is C=C(C)CCCS(=O)[O-]. The fourth-order valence-corrected chi connectivity index (χ4v) is 0.872. The maximum Gasteiger partial charge on any atom is 0.0105 e. The molecule has 0 aromatic heterocycles. The van der Waals surface area contributed by atoms with Gasteiger partial charge >= 0.3 is 0 Å². The van der Waals surface area contributed by atoms with Gasteiger partial charge in [-0.05, 0) is 19.8 Å². The summed E-state index contributed by atoms with van der Waals surface area (Å²) in [6.45, 7) is 5.55. The van der Waals surface area contributed by atoms with Gasteiger partial charge in [-0.1, -0.05) is 16.7 Å². The van der Waals surface area contributed by atoms with Crippen LogP contribution < -0.4 is 0 Å². The molecule has 0 rings (SSSR count). The summed E-state index contributed by atoms with van der Waals surface area (Å²) in [5.74, 6) is 0.257. The van der Waals surface area contributed by atoms with E-state index in [0.717, 1.165) is 12.0 Å². The van der Waals surface area contributed by atoms with Crippen LogP contribution in [0.25, 0.3) is 0 Å². The van der Waals surface area contributed by atoms with E-state index in [2.05, 4.69) is 6.58 Å². The molecule has 0 spiro atoms. The van der Waals surface area contributed by atoms with Gasteiger partial charge in [-0.3, -0.25) is 4.21 Å². The van der Waals surface area contributed by atoms with Gasteiger partial charge in [0.2, 0.25) is 0 Å². The quantitative estimate of drug-likeness (QED) is 0.443. The van der Waals surface area contributed by atoms with Crippen molar-refractivity contribution in [3.05, 3.63) is 12.2 Å². The van der Waals surface area contributed by atoms with Gasteiger partial charge < -0.3 is 4.55 Å². The lowest BCUT2D eigenvalue weighted by Gasteiger charge is -2.02. The zero-order chi connectivity index (χ0) is 7.28. The molecular formula is C6H11O2S-. The molecule has 9 heavy (non-hydrogen) atoms. The highest BCUT2D eigenvalue weighted by Gasteiger charge is 1.86. The van der Waals surface area contributed by atoms with Gasteiger partial charge in [0.1, 0.15) is 0 Å². The molecule has 3 heteroatoms. The fraction of sp³-hybridized carbons (Fsp3) is 0.667. The van der Waals surface area contributed by atoms with Crippen molar-refractivity contribution in [3.8, 4) is 0 Å². The third-order valence-electron chi connectivity index (χ3n) is 0.915. The minimum absolute atomic E-state index is 0.257. The summed E-state index contributed by atoms with van der Waals surface area (Å²) in [5, 5.41) is 0. The van der Waals surface area contributed by atoms with E-state index < -0.39 is 11.1 Å². The maximum absolute atomic E-state index is 9.95. The summed E-state index contributed by atoms with van der Waals surface area (Å²) in [5.41, 5.74) is 1.04. The van der Waals surface area contributed by atoms with Crippen molar-refractivity contribution in [1.82, 2.24) is 0 Å². The van der Waals surface area contributed by atoms with E-state index in [0.29, 0.717) is 6.42 Å². The van der Waals surface area contributed by atoms with E-state index in [-0.39, 0.29) is 5.75 Å². The highest BCUT2D eigenvalue weighted by atomic mass is 32.2. The standard InChI is InChI=1S/C6H12O2S/c1-6(2)4-3-5-9(7)8/h1,3-5H2,2H3,(H,7,8)/p-1. The molecule has 1 atom stereocenters. The average molecular weight is 147 g/mol. The van der Waals surface area contributed by atoms with Crippen LogP contribution >= 0.6 is 0 Å². The van der Waals surface area contributed by atoms with Gasteiger partial charge in [-0.25, -0.2) is 0 Å². The van der Waals surface area contributed by atoms with Crippen LogP contribution in [-0.4, -0.2) is 14.5 Å². The second kappa shape index (κ2) is 4.70. The number of allylic oxidation sites excluding steroid dienone is 1. The normalized spacial score (nSPS) is 13.1. The Kier molecular flexibility index (Phi) is 4.62. The van der Waals surface area contributed by atoms with Crippen LogP contribution in [0.4, 0.5) is 0 Å². The van der Waals surface area contributed by atoms with Crippen molar-refractivity contribution >= 4 is 11.1 Å². The summed E-state index contributed by atoms with van der Waals surface area (Å²) in [6, 6.07) is 0. The van der Waals surface area contributed by atoms with Crippen molar-refractivity contribution in [3.63, 3.8) is 0 Å². The largest absolute Gasteiger partial charge is 0.772 e. The fourth-order valence-electron chi connectivity index (χ4n) is 0.492. The predicted molar refractivity (Wildman–Crippen MR) is 37.8 cm³/mol. The molecule has 0 aromatic rings. The molecule has 0 saturated heterocycles. The molecule has 0 aliphatic carbocycles. The van der Waals surface area contributed by atoms with Crippen molar-refractivity contribution in [2.45, 2.75) is 19.8 Å². The van der Waals surface area contributed by atoms with Crippen LogP contribution in [-0.2, 0) is 11.1 Å². The first-order valence-electron chi connectivity index (χ1n) is 2.83. The van der Waals surface area contributed by atoms with E-state index in [4.69, 9.17) is 0 Å². The molecule has 0 aliphatic heterocycles. The van der Waals surface area contributed by atoms with E-state index >= 15 is 0 Å². The smallest absolute Gasteiger partial charge is 0.0105 e. The first-order chi connectivity index (χ1) is 4.13. The summed E-state index contributed by atoms with van der Waals surface area (Å²) in [7, 11) is 0. The molecule has 0 fully saturated rings. The van der Waals surface area contributed by atoms with E-state index in [1.165, 1.54) is 0 Å². The molecular weight excluding hydrogens is 136 g/mol. The lowest BCUT2D eigenvalue weighted by atomic mass is 10.2. The van der Waals surface area contributed by atoms with Crippen LogP contribution in [0, 0.1) is 0 Å². The zero-order valence-corrected chi connectivity index (χ0v) is 6.37. The topological polar surface area (TPSA) is 40.1 Å². The van der Waals surface area contributed by atoms with Gasteiger partial charge in [-0.2, -0.15) is 0 Å². The predicted octanol–water partition coefficient (Wildman–Crippen LogP) is 1.22. The van der Waals surface area contributed by atoms with Crippen molar-refractivity contribution in [2.75, 3.05) is 5.75 Å². The lowest BCUT2D eigenvalue weighted by Crippen LogP contribution is -1.94. The molecule has 0 N–H and O–H groups in total. The van der Waals surface area contributed by atoms with Gasteiger partial charge in [-0.15, -0.1) is 6.58 Å². The number of hydrogen-bond acceptors (Lipinski definition) is 2. The summed E-state index contributed by atoms with van der Waals surface area (Å²) >= 11 is -1.87. The molecule has 0 heterocycles. The van der Waals surface area contributed by atoms with Gasteiger partial charge in [0.05, 0.1) is 0 Å². The Morgan fingerprint density at radius 3 is 2.67 bits per heavy atom. The van der Waals surface area contributed by atoms with E-state index in [1.54, 1.807) is 0 Å². The Hall–Kier alpha value is -0.150. The Labute approximate surface area is 58.3 Å². The lowest BCUT2D eigenvalue weighted by molar-refractivity contribution is 0.535. The summed E-state index contributed by atoms with van der Waals surface area (Å²) < 4.78 is 19.9. The van der Waals surface area contributed by atoms with E-state index in [9.17, 15) is 8.76 Å². The zero-order valence-electron chi connectivity index (χ0n) is 5.55. The highest BCUT2D eigenvalue weighted by Crippen LogP contribution is 1.99. The Bertz CT molecular complexity index is 106. The molecule has 0 radical (unpaired) electrons. The molecule has 0 aliphatic rings. The summed E-state index contributed by atoms with van der Waals surface area (Å²) in [4.78, 5) is 0. The molecule has 0 bridgehead atoms. The van der Waals surface area contributed by atoms with Crippen LogP contribution in [0.3, 0.4) is 0 Å². The van der Waals surface area contributed by atoms with Crippen LogP contribution in [0.2, 0.25) is 0 Å². The number of hydrogen-bond donors (Lipinski definition) is 0. The molecule has 0 amide bonds. The third kappa shape index (κ3) is 7.85. The second-order valence-electron chi connectivity index (χ2n) is 2.07. The second-order valence-corrected chi connectivity index (χ2v) is 3.08. The Morgan fingerprint density at radius 1 is 1.78 bits per heavy atom. The van der Waals surface area contributed by atoms with Crippen molar-refractivity contribution in [2.24, 2.45) is 0 Å². The van der Waals surface area contributed by atoms with Crippen LogP contribution in [0.5, 0.6) is 0 Å². The van der Waals surface area contributed by atoms with Crippen LogP contribution in [0.1, 0.15) is 19.8 Å². The molecule has 1 unspecified atom stereocenters. The molecule has 0 aromatic carbocycles. The van der Waals surface area contributed by atoms with Gasteiger partial charge in [0.15, 0.2) is 0 Å². The van der Waals surface area contributed by atoms with Crippen molar-refractivity contribution in [1.29, 1.82) is 0 Å². The first-order valence-corrected chi connectivity index (χ1v) is 4.07. The average Bonchev–Trinajstić information content (AvgIpc) is 1.63. The summed E-state index contributed by atoms with van der Waals surface area (Å²) in [6.07, 6.45) is 1.51. The molecule has 0 saturated carbocycles. The Morgan fingerprint density at radius 2 is 2.33 bits per heavy atom. The highest BCUT2D eigenvalue weighted by molar-refractivity contribution is 7.79. The number of rotatable bonds is 4. The van der Waals surface area contributed by atoms with Crippen LogP contribution in [0.15, 0.2) is 12.2 Å². The molecule has 54 valence electrons. The Balaban J connectivity index is 3.10. The monoisotopic (exact) mass is 147 g/mol. The van der Waals surface area contributed by atoms with Crippen molar-refractivity contribution < 1.29 is 8.76 Å². The van der Waals surface area contributed by atoms with Gasteiger partial charge in [0.25, 0.3) is 0 Å². The van der Waals surface area contributed by atoms with Gasteiger partial charge in [0, 0.05) is 5.75 Å². The first kappa shape index (κ1) is 8.85. The maximum atomic E-state index is 9.95. The minimum Gasteiger partial charge on any atom is -0.772 e. The van der Waals surface area contributed by atoms with E-state index in [1.807, 2.05) is 6.92 Å². The molecule has 2 nitrogen and oxygen atoms in total.